The SMILES string of the molecule is CC(C)CNCCC(C)(O)Cc1cc(Cl)cc2c1OCC2. The Bertz CT molecular complexity index is 486. The van der Waals surface area contributed by atoms with Crippen LogP contribution in [0.5, 0.6) is 5.75 Å². The summed E-state index contributed by atoms with van der Waals surface area (Å²) in [6.45, 7) is 8.74. The van der Waals surface area contributed by atoms with Gasteiger partial charge in [-0.2, -0.15) is 0 Å². The van der Waals surface area contributed by atoms with Crippen LogP contribution < -0.4 is 10.1 Å². The Kier molecular flexibility index (Phi) is 5.53. The van der Waals surface area contributed by atoms with Gasteiger partial charge in [0.25, 0.3) is 0 Å². The van der Waals surface area contributed by atoms with E-state index in [-0.39, 0.29) is 0 Å². The van der Waals surface area contributed by atoms with E-state index in [0.717, 1.165) is 41.4 Å². The van der Waals surface area contributed by atoms with Crippen molar-refractivity contribution in [3.05, 3.63) is 28.3 Å². The van der Waals surface area contributed by atoms with Crippen LogP contribution in [-0.4, -0.2) is 30.4 Å². The molecule has 1 aliphatic rings. The minimum absolute atomic E-state index is 0.569. The van der Waals surface area contributed by atoms with Crippen molar-refractivity contribution in [2.24, 2.45) is 5.92 Å². The highest BCUT2D eigenvalue weighted by molar-refractivity contribution is 6.30. The third-order valence-electron chi connectivity index (χ3n) is 3.79. The Balaban J connectivity index is 1.97. The Labute approximate surface area is 132 Å². The van der Waals surface area contributed by atoms with E-state index in [9.17, 15) is 5.11 Å². The van der Waals surface area contributed by atoms with Crippen molar-refractivity contribution in [1.82, 2.24) is 5.32 Å². The lowest BCUT2D eigenvalue weighted by molar-refractivity contribution is 0.0507. The maximum absolute atomic E-state index is 10.6. The number of fused-ring (bicyclic) bond motifs is 1. The highest BCUT2D eigenvalue weighted by Crippen LogP contribution is 2.35. The molecule has 0 fully saturated rings. The number of aliphatic hydroxyl groups is 1. The van der Waals surface area contributed by atoms with Crippen molar-refractivity contribution in [3.8, 4) is 5.75 Å². The van der Waals surface area contributed by atoms with Crippen LogP contribution in [-0.2, 0) is 12.8 Å². The van der Waals surface area contributed by atoms with Gasteiger partial charge in [-0.25, -0.2) is 0 Å². The molecule has 1 atom stereocenters. The summed E-state index contributed by atoms with van der Waals surface area (Å²) < 4.78 is 5.70. The highest BCUT2D eigenvalue weighted by Gasteiger charge is 2.25. The van der Waals surface area contributed by atoms with Gasteiger partial charge in [-0.3, -0.25) is 0 Å². The minimum Gasteiger partial charge on any atom is -0.493 e. The normalized spacial score (nSPS) is 16.7. The first kappa shape index (κ1) is 16.6. The van der Waals surface area contributed by atoms with Gasteiger partial charge in [0.1, 0.15) is 5.75 Å². The second-order valence-electron chi connectivity index (χ2n) is 6.67. The van der Waals surface area contributed by atoms with E-state index in [1.54, 1.807) is 0 Å². The molecule has 1 unspecified atom stereocenters. The largest absolute Gasteiger partial charge is 0.493 e. The second kappa shape index (κ2) is 6.99. The van der Waals surface area contributed by atoms with E-state index in [1.165, 1.54) is 0 Å². The summed E-state index contributed by atoms with van der Waals surface area (Å²) in [6, 6.07) is 3.88. The van der Waals surface area contributed by atoms with Crippen molar-refractivity contribution < 1.29 is 9.84 Å². The molecule has 2 rings (SSSR count). The molecule has 0 saturated heterocycles. The number of nitrogens with one attached hydrogen (secondary N) is 1. The summed E-state index contributed by atoms with van der Waals surface area (Å²) in [6.07, 6.45) is 2.18. The number of halogens is 1. The number of hydrogen-bond donors (Lipinski definition) is 2. The van der Waals surface area contributed by atoms with Crippen LogP contribution in [0.15, 0.2) is 12.1 Å². The molecule has 0 amide bonds. The van der Waals surface area contributed by atoms with Gasteiger partial charge >= 0.3 is 0 Å². The molecule has 0 aliphatic carbocycles. The van der Waals surface area contributed by atoms with E-state index < -0.39 is 5.60 Å². The quantitative estimate of drug-likeness (QED) is 0.760. The number of ether oxygens (including phenoxy) is 1. The molecule has 1 aliphatic heterocycles. The molecule has 1 aromatic rings. The molecule has 21 heavy (non-hydrogen) atoms. The molecule has 1 aromatic carbocycles. The summed E-state index contributed by atoms with van der Waals surface area (Å²) in [5, 5.41) is 14.7. The fourth-order valence-electron chi connectivity index (χ4n) is 2.72. The highest BCUT2D eigenvalue weighted by atomic mass is 35.5. The zero-order valence-electron chi connectivity index (χ0n) is 13.2. The van der Waals surface area contributed by atoms with Crippen molar-refractivity contribution in [2.75, 3.05) is 19.7 Å². The van der Waals surface area contributed by atoms with Crippen LogP contribution in [0.25, 0.3) is 0 Å². The van der Waals surface area contributed by atoms with Crippen LogP contribution >= 0.6 is 11.6 Å². The van der Waals surface area contributed by atoms with Gasteiger partial charge < -0.3 is 15.2 Å². The number of hydrogen-bond acceptors (Lipinski definition) is 3. The van der Waals surface area contributed by atoms with E-state index >= 15 is 0 Å². The molecular weight excluding hydrogens is 286 g/mol. The van der Waals surface area contributed by atoms with Gasteiger partial charge in [0.15, 0.2) is 0 Å². The lowest BCUT2D eigenvalue weighted by Crippen LogP contribution is -2.33. The van der Waals surface area contributed by atoms with Crippen LogP contribution in [0.1, 0.15) is 38.3 Å². The molecule has 1 heterocycles. The molecule has 118 valence electrons. The van der Waals surface area contributed by atoms with Crippen molar-refractivity contribution in [1.29, 1.82) is 0 Å². The number of benzene rings is 1. The van der Waals surface area contributed by atoms with Gasteiger partial charge in [-0.05, 0) is 55.6 Å². The minimum atomic E-state index is -0.756. The standard InChI is InChI=1S/C17H26ClNO2/c1-12(2)11-19-6-5-17(3,20)10-14-9-15(18)8-13-4-7-21-16(13)14/h8-9,12,19-20H,4-7,10-11H2,1-3H3. The first-order valence-electron chi connectivity index (χ1n) is 7.74. The lowest BCUT2D eigenvalue weighted by Gasteiger charge is -2.25. The Morgan fingerprint density at radius 3 is 2.90 bits per heavy atom. The summed E-state index contributed by atoms with van der Waals surface area (Å²) in [5.74, 6) is 1.55. The molecule has 0 spiro atoms. The van der Waals surface area contributed by atoms with Gasteiger partial charge in [-0.1, -0.05) is 25.4 Å². The monoisotopic (exact) mass is 311 g/mol. The molecule has 2 N–H and O–H groups in total. The average molecular weight is 312 g/mol. The predicted molar refractivity (Wildman–Crippen MR) is 87.3 cm³/mol. The second-order valence-corrected chi connectivity index (χ2v) is 7.11. The van der Waals surface area contributed by atoms with E-state index in [4.69, 9.17) is 16.3 Å². The van der Waals surface area contributed by atoms with Gasteiger partial charge in [0, 0.05) is 17.9 Å². The zero-order valence-corrected chi connectivity index (χ0v) is 14.0. The summed E-state index contributed by atoms with van der Waals surface area (Å²) in [4.78, 5) is 0. The fraction of sp³-hybridized carbons (Fsp3) is 0.647. The summed E-state index contributed by atoms with van der Waals surface area (Å²) >= 11 is 6.17. The summed E-state index contributed by atoms with van der Waals surface area (Å²) in [5.41, 5.74) is 1.42. The third-order valence-corrected chi connectivity index (χ3v) is 4.01. The van der Waals surface area contributed by atoms with Crippen LogP contribution in [0, 0.1) is 5.92 Å². The number of rotatable bonds is 7. The first-order valence-corrected chi connectivity index (χ1v) is 8.12. The molecule has 0 radical (unpaired) electrons. The lowest BCUT2D eigenvalue weighted by atomic mass is 9.91. The Morgan fingerprint density at radius 1 is 1.43 bits per heavy atom. The van der Waals surface area contributed by atoms with Gasteiger partial charge in [-0.15, -0.1) is 0 Å². The van der Waals surface area contributed by atoms with E-state index in [0.29, 0.717) is 25.4 Å². The van der Waals surface area contributed by atoms with Crippen molar-refractivity contribution in [3.63, 3.8) is 0 Å². The first-order chi connectivity index (χ1) is 9.87. The molecule has 3 nitrogen and oxygen atoms in total. The maximum Gasteiger partial charge on any atom is 0.126 e. The Hall–Kier alpha value is -0.770. The molecule has 4 heteroatoms. The van der Waals surface area contributed by atoms with Crippen LogP contribution in [0.3, 0.4) is 0 Å². The van der Waals surface area contributed by atoms with Gasteiger partial charge in [0.2, 0.25) is 0 Å². The van der Waals surface area contributed by atoms with E-state index in [1.807, 2.05) is 19.1 Å². The predicted octanol–water partition coefficient (Wildman–Crippen LogP) is 3.20. The Morgan fingerprint density at radius 2 is 2.19 bits per heavy atom. The molecular formula is C17H26ClNO2. The van der Waals surface area contributed by atoms with Crippen LogP contribution in [0.2, 0.25) is 5.02 Å². The summed E-state index contributed by atoms with van der Waals surface area (Å²) in [7, 11) is 0. The van der Waals surface area contributed by atoms with Crippen LogP contribution in [0.4, 0.5) is 0 Å². The fourth-order valence-corrected chi connectivity index (χ4v) is 2.99. The topological polar surface area (TPSA) is 41.5 Å². The van der Waals surface area contributed by atoms with E-state index in [2.05, 4.69) is 19.2 Å². The van der Waals surface area contributed by atoms with Gasteiger partial charge in [0.05, 0.1) is 12.2 Å². The molecule has 0 aromatic heterocycles. The molecule has 0 saturated carbocycles. The van der Waals surface area contributed by atoms with Crippen molar-refractivity contribution in [2.45, 2.75) is 45.6 Å². The zero-order chi connectivity index (χ0) is 15.5. The molecule has 0 bridgehead atoms. The third kappa shape index (κ3) is 4.87. The maximum atomic E-state index is 10.6. The average Bonchev–Trinajstić information content (AvgIpc) is 2.82. The smallest absolute Gasteiger partial charge is 0.126 e. The van der Waals surface area contributed by atoms with Crippen molar-refractivity contribution >= 4 is 11.6 Å².